The fourth-order valence-electron chi connectivity index (χ4n) is 3.60. The molecule has 0 unspecified atom stereocenters. The van der Waals surface area contributed by atoms with Crippen LogP contribution in [0.4, 0.5) is 0 Å². The zero-order valence-corrected chi connectivity index (χ0v) is 22.4. The molecule has 0 fully saturated rings. The molecule has 0 saturated carbocycles. The van der Waals surface area contributed by atoms with Gasteiger partial charge in [0.25, 0.3) is 0 Å². The molecule has 4 rings (SSSR count). The van der Waals surface area contributed by atoms with Gasteiger partial charge in [-0.1, -0.05) is 98.6 Å². The molecule has 0 aliphatic rings. The first kappa shape index (κ1) is 25.9. The first-order valence-electron chi connectivity index (χ1n) is 10.7. The maximum atomic E-state index is 11.7. The molecule has 4 aromatic rings. The van der Waals surface area contributed by atoms with E-state index in [9.17, 15) is 9.90 Å². The van der Waals surface area contributed by atoms with E-state index in [1.165, 1.54) is 7.11 Å². The van der Waals surface area contributed by atoms with Gasteiger partial charge in [-0.15, -0.1) is 0 Å². The van der Waals surface area contributed by atoms with Crippen LogP contribution in [-0.2, 0) is 10.3 Å². The number of benzene rings is 4. The van der Waals surface area contributed by atoms with Crippen molar-refractivity contribution in [3.63, 3.8) is 0 Å². The highest BCUT2D eigenvalue weighted by Gasteiger charge is 2.20. The minimum atomic E-state index is -0.834. The molecule has 0 aliphatic heterocycles. The van der Waals surface area contributed by atoms with Crippen molar-refractivity contribution in [3.05, 3.63) is 117 Å². The minimum absolute atomic E-state index is 0.319. The fourth-order valence-corrected chi connectivity index (χ4v) is 4.40. The highest BCUT2D eigenvalue weighted by molar-refractivity contribution is 9.10. The molecule has 0 saturated heterocycles. The largest absolute Gasteiger partial charge is 0.465 e. The molecule has 4 aromatic carbocycles. The Morgan fingerprint density at radius 3 is 1.76 bits per heavy atom. The summed E-state index contributed by atoms with van der Waals surface area (Å²) in [5.41, 5.74) is 4.73. The molecule has 1 N–H and O–H groups in total. The van der Waals surface area contributed by atoms with Crippen LogP contribution in [-0.4, -0.2) is 18.2 Å². The average Bonchev–Trinajstić information content (AvgIpc) is 2.83. The van der Waals surface area contributed by atoms with Gasteiger partial charge in [-0.05, 0) is 72.0 Å². The van der Waals surface area contributed by atoms with Crippen LogP contribution in [0.5, 0.6) is 0 Å². The fraction of sp³-hybridized carbons (Fsp3) is 0.138. The number of halogens is 2. The van der Waals surface area contributed by atoms with Gasteiger partial charge in [0.15, 0.2) is 0 Å². The Morgan fingerprint density at radius 2 is 1.24 bits per heavy atom. The summed E-state index contributed by atoms with van der Waals surface area (Å²) in [7, 11) is 1.39. The SMILES string of the molecule is CC(C)(O)c1ccccc1-c1cccc(Br)c1.COC(=O)c1ccccc1-c1cccc(Br)c1. The average molecular weight is 582 g/mol. The number of ether oxygens (including phenoxy) is 1. The van der Waals surface area contributed by atoms with Gasteiger partial charge < -0.3 is 9.84 Å². The van der Waals surface area contributed by atoms with E-state index in [4.69, 9.17) is 4.74 Å². The van der Waals surface area contributed by atoms with Gasteiger partial charge in [-0.3, -0.25) is 0 Å². The Labute approximate surface area is 217 Å². The molecule has 0 aliphatic carbocycles. The van der Waals surface area contributed by atoms with Gasteiger partial charge in [-0.25, -0.2) is 4.79 Å². The van der Waals surface area contributed by atoms with E-state index in [2.05, 4.69) is 44.0 Å². The normalized spacial score (nSPS) is 10.8. The van der Waals surface area contributed by atoms with Crippen molar-refractivity contribution in [1.82, 2.24) is 0 Å². The lowest BCUT2D eigenvalue weighted by atomic mass is 9.90. The second-order valence-electron chi connectivity index (χ2n) is 8.16. The van der Waals surface area contributed by atoms with Crippen LogP contribution in [0.1, 0.15) is 29.8 Å². The molecule has 0 spiro atoms. The number of methoxy groups -OCH3 is 1. The summed E-state index contributed by atoms with van der Waals surface area (Å²) in [5.74, 6) is -0.319. The summed E-state index contributed by atoms with van der Waals surface area (Å²) < 4.78 is 6.80. The molecule has 3 nitrogen and oxygen atoms in total. The van der Waals surface area contributed by atoms with E-state index in [0.717, 1.165) is 36.8 Å². The standard InChI is InChI=1S/C15H15BrO.C14H11BrO2/c1-15(2,17)14-9-4-3-8-13(14)11-6-5-7-12(16)10-11;1-17-14(16)13-8-3-2-7-12(13)10-5-4-6-11(15)9-10/h3-10,17H,1-2H3;2-9H,1H3. The number of aliphatic hydroxyl groups is 1. The molecule has 0 aromatic heterocycles. The summed E-state index contributed by atoms with van der Waals surface area (Å²) in [4.78, 5) is 11.7. The molecule has 0 amide bonds. The third kappa shape index (κ3) is 6.66. The number of esters is 1. The molecule has 0 heterocycles. The minimum Gasteiger partial charge on any atom is -0.465 e. The Morgan fingerprint density at radius 1 is 0.735 bits per heavy atom. The van der Waals surface area contributed by atoms with E-state index in [-0.39, 0.29) is 5.97 Å². The molecule has 174 valence electrons. The van der Waals surface area contributed by atoms with Gasteiger partial charge in [-0.2, -0.15) is 0 Å². The first-order chi connectivity index (χ1) is 16.2. The maximum Gasteiger partial charge on any atom is 0.338 e. The van der Waals surface area contributed by atoms with E-state index in [0.29, 0.717) is 5.56 Å². The maximum absolute atomic E-state index is 11.7. The Balaban J connectivity index is 0.000000191. The predicted molar refractivity (Wildman–Crippen MR) is 146 cm³/mol. The van der Waals surface area contributed by atoms with Crippen molar-refractivity contribution >= 4 is 37.8 Å². The van der Waals surface area contributed by atoms with Crippen molar-refractivity contribution in [2.24, 2.45) is 0 Å². The lowest BCUT2D eigenvalue weighted by Crippen LogP contribution is -2.16. The molecule has 34 heavy (non-hydrogen) atoms. The van der Waals surface area contributed by atoms with E-state index in [1.807, 2.05) is 92.7 Å². The summed E-state index contributed by atoms with van der Waals surface area (Å²) in [6.45, 7) is 3.62. The molecule has 0 atom stereocenters. The van der Waals surface area contributed by atoms with Gasteiger partial charge in [0.2, 0.25) is 0 Å². The van der Waals surface area contributed by atoms with Gasteiger partial charge in [0, 0.05) is 8.95 Å². The first-order valence-corrected chi connectivity index (χ1v) is 12.3. The van der Waals surface area contributed by atoms with Gasteiger partial charge >= 0.3 is 5.97 Å². The molecule has 5 heteroatoms. The smallest absolute Gasteiger partial charge is 0.338 e. The second-order valence-corrected chi connectivity index (χ2v) is 9.99. The van der Waals surface area contributed by atoms with Crippen LogP contribution in [0, 0.1) is 0 Å². The van der Waals surface area contributed by atoms with Crippen molar-refractivity contribution in [1.29, 1.82) is 0 Å². The summed E-state index contributed by atoms with van der Waals surface area (Å²) in [6, 6.07) is 31.3. The zero-order chi connectivity index (χ0) is 24.7. The number of hydrogen-bond acceptors (Lipinski definition) is 3. The molecular weight excluding hydrogens is 556 g/mol. The third-order valence-corrected chi connectivity index (χ3v) is 6.18. The summed E-state index contributed by atoms with van der Waals surface area (Å²) in [5, 5.41) is 10.2. The number of carbonyl (C=O) groups is 1. The van der Waals surface area contributed by atoms with Crippen molar-refractivity contribution in [2.45, 2.75) is 19.4 Å². The molecule has 0 bridgehead atoms. The quantitative estimate of drug-likeness (QED) is 0.247. The monoisotopic (exact) mass is 580 g/mol. The van der Waals surface area contributed by atoms with Gasteiger partial charge in [0.1, 0.15) is 0 Å². The third-order valence-electron chi connectivity index (χ3n) is 5.19. The molecule has 0 radical (unpaired) electrons. The Bertz CT molecular complexity index is 1280. The van der Waals surface area contributed by atoms with E-state index >= 15 is 0 Å². The zero-order valence-electron chi connectivity index (χ0n) is 19.3. The lowest BCUT2D eigenvalue weighted by Gasteiger charge is -2.21. The highest BCUT2D eigenvalue weighted by Crippen LogP contribution is 2.32. The van der Waals surface area contributed by atoms with Crippen LogP contribution < -0.4 is 0 Å². The summed E-state index contributed by atoms with van der Waals surface area (Å²) in [6.07, 6.45) is 0. The van der Waals surface area contributed by atoms with Crippen LogP contribution in [0.3, 0.4) is 0 Å². The van der Waals surface area contributed by atoms with Crippen molar-refractivity contribution in [3.8, 4) is 22.3 Å². The highest BCUT2D eigenvalue weighted by atomic mass is 79.9. The Kier molecular flexibility index (Phi) is 8.84. The Hall–Kier alpha value is -2.73. The van der Waals surface area contributed by atoms with Crippen molar-refractivity contribution < 1.29 is 14.6 Å². The van der Waals surface area contributed by atoms with Crippen molar-refractivity contribution in [2.75, 3.05) is 7.11 Å². The van der Waals surface area contributed by atoms with Crippen LogP contribution in [0.15, 0.2) is 106 Å². The second kappa shape index (κ2) is 11.6. The van der Waals surface area contributed by atoms with Crippen LogP contribution >= 0.6 is 31.9 Å². The van der Waals surface area contributed by atoms with E-state index in [1.54, 1.807) is 6.07 Å². The lowest BCUT2D eigenvalue weighted by molar-refractivity contribution is 0.0601. The van der Waals surface area contributed by atoms with Gasteiger partial charge in [0.05, 0.1) is 18.3 Å². The van der Waals surface area contributed by atoms with E-state index < -0.39 is 5.60 Å². The van der Waals surface area contributed by atoms with Crippen LogP contribution in [0.25, 0.3) is 22.3 Å². The summed E-state index contributed by atoms with van der Waals surface area (Å²) >= 11 is 6.89. The predicted octanol–water partition coefficient (Wildman–Crippen LogP) is 8.25. The number of carbonyl (C=O) groups excluding carboxylic acids is 1. The van der Waals surface area contributed by atoms with Crippen LogP contribution in [0.2, 0.25) is 0 Å². The number of hydrogen-bond donors (Lipinski definition) is 1. The molecular formula is C29H26Br2O3. The number of rotatable bonds is 4. The topological polar surface area (TPSA) is 46.5 Å².